The Kier molecular flexibility index (Phi) is 9.35. The second kappa shape index (κ2) is 12.4. The van der Waals surface area contributed by atoms with Gasteiger partial charge in [-0.15, -0.1) is 0 Å². The predicted molar refractivity (Wildman–Crippen MR) is 131 cm³/mol. The molecular weight excluding hydrogens is 483 g/mol. The second-order valence-corrected chi connectivity index (χ2v) is 8.50. The van der Waals surface area contributed by atoms with Gasteiger partial charge in [-0.25, -0.2) is 9.97 Å². The highest BCUT2D eigenvalue weighted by Gasteiger charge is 2.15. The summed E-state index contributed by atoms with van der Waals surface area (Å²) in [6.45, 7) is 2.60. The van der Waals surface area contributed by atoms with Crippen molar-refractivity contribution in [3.8, 4) is 5.75 Å². The van der Waals surface area contributed by atoms with Gasteiger partial charge < -0.3 is 15.4 Å². The molecule has 0 saturated heterocycles. The van der Waals surface area contributed by atoms with Gasteiger partial charge in [0.25, 0.3) is 5.91 Å². The molecule has 0 spiro atoms. The monoisotopic (exact) mass is 504 g/mol. The molecule has 33 heavy (non-hydrogen) atoms. The first-order chi connectivity index (χ1) is 16.0. The molecule has 172 valence electrons. The molecule has 0 aliphatic heterocycles. The quantitative estimate of drug-likeness (QED) is 0.290. The molecular formula is C23H22Cl2N4O3S. The third kappa shape index (κ3) is 7.63. The number of halogens is 2. The highest BCUT2D eigenvalue weighted by atomic mass is 35.5. The van der Waals surface area contributed by atoms with Gasteiger partial charge >= 0.3 is 0 Å². The first-order valence-corrected chi connectivity index (χ1v) is 11.9. The lowest BCUT2D eigenvalue weighted by molar-refractivity contribution is -0.116. The number of anilines is 1. The molecule has 0 aliphatic carbocycles. The third-order valence-electron chi connectivity index (χ3n) is 4.34. The molecule has 2 amide bonds. The molecule has 0 fully saturated rings. The maximum atomic E-state index is 12.5. The molecule has 7 nitrogen and oxygen atoms in total. The highest BCUT2D eigenvalue weighted by molar-refractivity contribution is 7.98. The van der Waals surface area contributed by atoms with Crippen LogP contribution in [0.15, 0.2) is 59.9 Å². The SMILES string of the molecule is CCOc1ccc(NC(=O)CCNC(=O)c2nc(SCc3ccccc3Cl)ncc2Cl)cc1. The third-order valence-corrected chi connectivity index (χ3v) is 5.89. The number of aromatic nitrogens is 2. The van der Waals surface area contributed by atoms with Crippen LogP contribution < -0.4 is 15.4 Å². The summed E-state index contributed by atoms with van der Waals surface area (Å²) in [7, 11) is 0. The summed E-state index contributed by atoms with van der Waals surface area (Å²) in [5.41, 5.74) is 1.64. The first kappa shape index (κ1) is 24.8. The number of amides is 2. The molecule has 10 heteroatoms. The van der Waals surface area contributed by atoms with Gasteiger partial charge in [0.15, 0.2) is 10.9 Å². The van der Waals surface area contributed by atoms with Gasteiger partial charge in [-0.3, -0.25) is 9.59 Å². The van der Waals surface area contributed by atoms with Crippen LogP contribution in [-0.2, 0) is 10.5 Å². The minimum Gasteiger partial charge on any atom is -0.494 e. The number of rotatable bonds is 10. The first-order valence-electron chi connectivity index (χ1n) is 10.2. The summed E-state index contributed by atoms with van der Waals surface area (Å²) >= 11 is 13.6. The van der Waals surface area contributed by atoms with E-state index in [0.717, 1.165) is 11.3 Å². The average molecular weight is 505 g/mol. The van der Waals surface area contributed by atoms with E-state index in [-0.39, 0.29) is 29.6 Å². The number of carbonyl (C=O) groups is 2. The molecule has 0 unspecified atom stereocenters. The largest absolute Gasteiger partial charge is 0.494 e. The van der Waals surface area contributed by atoms with Gasteiger partial charge in [0.05, 0.1) is 17.8 Å². The Bertz CT molecular complexity index is 1110. The Morgan fingerprint density at radius 3 is 2.55 bits per heavy atom. The van der Waals surface area contributed by atoms with Gasteiger partial charge in [0.2, 0.25) is 5.91 Å². The molecule has 0 aliphatic rings. The van der Waals surface area contributed by atoms with E-state index in [1.165, 1.54) is 18.0 Å². The van der Waals surface area contributed by atoms with Crippen LogP contribution in [0.5, 0.6) is 5.75 Å². The van der Waals surface area contributed by atoms with Crippen LogP contribution in [-0.4, -0.2) is 34.9 Å². The van der Waals surface area contributed by atoms with Crippen molar-refractivity contribution in [2.45, 2.75) is 24.3 Å². The fourth-order valence-corrected chi connectivity index (χ4v) is 4.01. The lowest BCUT2D eigenvalue weighted by atomic mass is 10.2. The zero-order valence-corrected chi connectivity index (χ0v) is 20.1. The molecule has 1 aromatic heterocycles. The fraction of sp³-hybridized carbons (Fsp3) is 0.217. The van der Waals surface area contributed by atoms with Crippen molar-refractivity contribution in [1.29, 1.82) is 0 Å². The fourth-order valence-electron chi connectivity index (χ4n) is 2.74. The van der Waals surface area contributed by atoms with Gasteiger partial charge in [0, 0.05) is 29.4 Å². The Labute approximate surface area is 206 Å². The van der Waals surface area contributed by atoms with Crippen LogP contribution in [0.4, 0.5) is 5.69 Å². The van der Waals surface area contributed by atoms with E-state index in [1.54, 1.807) is 24.3 Å². The van der Waals surface area contributed by atoms with Gasteiger partial charge in [-0.2, -0.15) is 0 Å². The van der Waals surface area contributed by atoms with Crippen LogP contribution in [0.2, 0.25) is 10.0 Å². The predicted octanol–water partition coefficient (Wildman–Crippen LogP) is 5.23. The van der Waals surface area contributed by atoms with E-state index in [1.807, 2.05) is 31.2 Å². The maximum absolute atomic E-state index is 12.5. The summed E-state index contributed by atoms with van der Waals surface area (Å²) in [6.07, 6.45) is 1.48. The lowest BCUT2D eigenvalue weighted by Crippen LogP contribution is -2.28. The second-order valence-electron chi connectivity index (χ2n) is 6.74. The summed E-state index contributed by atoms with van der Waals surface area (Å²) < 4.78 is 5.37. The smallest absolute Gasteiger partial charge is 0.271 e. The Balaban J connectivity index is 1.49. The van der Waals surface area contributed by atoms with Crippen molar-refractivity contribution in [2.24, 2.45) is 0 Å². The van der Waals surface area contributed by atoms with E-state index in [9.17, 15) is 9.59 Å². The Morgan fingerprint density at radius 1 is 1.06 bits per heavy atom. The number of nitrogens with one attached hydrogen (secondary N) is 2. The van der Waals surface area contributed by atoms with E-state index < -0.39 is 5.91 Å². The number of hydrogen-bond acceptors (Lipinski definition) is 6. The van der Waals surface area contributed by atoms with Crippen LogP contribution in [0, 0.1) is 0 Å². The average Bonchev–Trinajstić information content (AvgIpc) is 2.81. The van der Waals surface area contributed by atoms with Crippen LogP contribution in [0.3, 0.4) is 0 Å². The zero-order valence-electron chi connectivity index (χ0n) is 17.8. The number of nitrogens with zero attached hydrogens (tertiary/aromatic N) is 2. The summed E-state index contributed by atoms with van der Waals surface area (Å²) in [5, 5.41) is 6.62. The summed E-state index contributed by atoms with van der Waals surface area (Å²) in [5.74, 6) is 0.572. The minimum absolute atomic E-state index is 0.0558. The molecule has 3 aromatic rings. The van der Waals surface area contributed by atoms with Gasteiger partial charge in [-0.1, -0.05) is 53.2 Å². The topological polar surface area (TPSA) is 93.2 Å². The van der Waals surface area contributed by atoms with Crippen LogP contribution >= 0.6 is 35.0 Å². The van der Waals surface area contributed by atoms with E-state index in [2.05, 4.69) is 20.6 Å². The van der Waals surface area contributed by atoms with Crippen molar-refractivity contribution in [3.05, 3.63) is 76.0 Å². The Morgan fingerprint density at radius 2 is 1.82 bits per heavy atom. The zero-order chi connectivity index (χ0) is 23.6. The Hall–Kier alpha value is -2.81. The van der Waals surface area contributed by atoms with E-state index in [4.69, 9.17) is 27.9 Å². The molecule has 2 aromatic carbocycles. The van der Waals surface area contributed by atoms with Crippen molar-refractivity contribution < 1.29 is 14.3 Å². The number of benzene rings is 2. The van der Waals surface area contributed by atoms with Crippen molar-refractivity contribution in [1.82, 2.24) is 15.3 Å². The summed E-state index contributed by atoms with van der Waals surface area (Å²) in [6, 6.07) is 14.5. The standard InChI is InChI=1S/C23H22Cl2N4O3S/c1-2-32-17-9-7-16(8-10-17)28-20(30)11-12-26-22(31)21-19(25)13-27-23(29-21)33-14-15-5-3-4-6-18(15)24/h3-10,13H,2,11-12,14H2,1H3,(H,26,31)(H,28,30). The molecule has 1 heterocycles. The molecule has 0 radical (unpaired) electrons. The van der Waals surface area contributed by atoms with Crippen molar-refractivity contribution in [3.63, 3.8) is 0 Å². The van der Waals surface area contributed by atoms with Gasteiger partial charge in [0.1, 0.15) is 5.75 Å². The summed E-state index contributed by atoms with van der Waals surface area (Å²) in [4.78, 5) is 33.1. The number of ether oxygens (including phenoxy) is 1. The molecule has 0 saturated carbocycles. The van der Waals surface area contributed by atoms with Gasteiger partial charge in [-0.05, 0) is 42.8 Å². The maximum Gasteiger partial charge on any atom is 0.271 e. The number of thioether (sulfide) groups is 1. The number of carbonyl (C=O) groups excluding carboxylic acids is 2. The normalized spacial score (nSPS) is 10.5. The molecule has 0 atom stereocenters. The highest BCUT2D eigenvalue weighted by Crippen LogP contribution is 2.25. The van der Waals surface area contributed by atoms with Crippen LogP contribution in [0.25, 0.3) is 0 Å². The molecule has 3 rings (SSSR count). The van der Waals surface area contributed by atoms with Crippen molar-refractivity contribution >= 4 is 52.5 Å². The van der Waals surface area contributed by atoms with E-state index in [0.29, 0.717) is 28.2 Å². The number of hydrogen-bond donors (Lipinski definition) is 2. The lowest BCUT2D eigenvalue weighted by Gasteiger charge is -2.09. The minimum atomic E-state index is -0.476. The van der Waals surface area contributed by atoms with E-state index >= 15 is 0 Å². The molecule has 0 bridgehead atoms. The van der Waals surface area contributed by atoms with Crippen LogP contribution in [0.1, 0.15) is 29.4 Å². The van der Waals surface area contributed by atoms with Crippen molar-refractivity contribution in [2.75, 3.05) is 18.5 Å². The molecule has 2 N–H and O–H groups in total.